The van der Waals surface area contributed by atoms with Gasteiger partial charge in [-0.2, -0.15) is 0 Å². The van der Waals surface area contributed by atoms with Gasteiger partial charge in [0.05, 0.1) is 0 Å². The summed E-state index contributed by atoms with van der Waals surface area (Å²) in [6.45, 7) is 1.78. The van der Waals surface area contributed by atoms with Crippen molar-refractivity contribution < 1.29 is 4.79 Å². The number of carbonyl (C=O) groups is 1. The van der Waals surface area contributed by atoms with Crippen molar-refractivity contribution in [3.05, 3.63) is 126 Å². The van der Waals surface area contributed by atoms with Gasteiger partial charge >= 0.3 is 0 Å². The molecule has 0 saturated heterocycles. The van der Waals surface area contributed by atoms with E-state index in [1.807, 2.05) is 30.3 Å². The predicted octanol–water partition coefficient (Wildman–Crippen LogP) is 6.37. The molecule has 0 radical (unpaired) electrons. The van der Waals surface area contributed by atoms with Crippen LogP contribution in [0.3, 0.4) is 0 Å². The third kappa shape index (κ3) is 4.03. The zero-order valence-electron chi connectivity index (χ0n) is 19.8. The molecule has 0 aliphatic carbocycles. The highest BCUT2D eigenvalue weighted by Crippen LogP contribution is 2.38. The molecular weight excluding hydrogens is 446 g/mol. The maximum Gasteiger partial charge on any atom is 0.274 e. The number of nitrogens with one attached hydrogen (secondary N) is 3. The van der Waals surface area contributed by atoms with Gasteiger partial charge in [-0.1, -0.05) is 54.6 Å². The van der Waals surface area contributed by atoms with Crippen molar-refractivity contribution in [2.24, 2.45) is 0 Å². The van der Waals surface area contributed by atoms with Crippen molar-refractivity contribution in [2.75, 3.05) is 5.32 Å². The van der Waals surface area contributed by atoms with Crippen LogP contribution in [0.15, 0.2) is 97.5 Å². The molecule has 3 aromatic carbocycles. The summed E-state index contributed by atoms with van der Waals surface area (Å²) in [5.74, 6) is 0.384. The molecule has 0 bridgehead atoms. The number of aromatic amines is 2. The molecule has 3 heterocycles. The number of rotatable bonds is 6. The van der Waals surface area contributed by atoms with Crippen LogP contribution in [0, 0.1) is 6.92 Å². The standard InChI is InChI=1S/C30H25N5O/c1-19-31-15-14-29(34-19)30(36)35-26-11-5-2-8-20(26)16-23(24-17-32-27-12-6-3-9-21(24)27)25-18-33-28-13-7-4-10-22(25)28/h2-15,17-18,23,32-33H,16H2,1H3,(H,35,36). The Kier molecular flexibility index (Phi) is 5.54. The number of para-hydroxylation sites is 3. The number of aryl methyl sites for hydroxylation is 1. The summed E-state index contributed by atoms with van der Waals surface area (Å²) in [4.78, 5) is 28.3. The molecule has 0 unspecified atom stereocenters. The Bertz CT molecular complexity index is 1620. The fourth-order valence-corrected chi connectivity index (χ4v) is 4.96. The molecule has 176 valence electrons. The average molecular weight is 472 g/mol. The maximum absolute atomic E-state index is 13.0. The van der Waals surface area contributed by atoms with Gasteiger partial charge in [-0.25, -0.2) is 9.97 Å². The van der Waals surface area contributed by atoms with E-state index < -0.39 is 0 Å². The Hall–Kier alpha value is -4.71. The average Bonchev–Trinajstić information content (AvgIpc) is 3.53. The Labute approximate surface area is 208 Å². The summed E-state index contributed by atoms with van der Waals surface area (Å²) in [5, 5.41) is 5.48. The molecule has 0 spiro atoms. The van der Waals surface area contributed by atoms with Crippen molar-refractivity contribution in [1.82, 2.24) is 19.9 Å². The molecule has 1 amide bonds. The highest BCUT2D eigenvalue weighted by Gasteiger charge is 2.23. The molecule has 6 nitrogen and oxygen atoms in total. The molecule has 36 heavy (non-hydrogen) atoms. The quantitative estimate of drug-likeness (QED) is 0.264. The zero-order chi connectivity index (χ0) is 24.5. The van der Waals surface area contributed by atoms with E-state index in [1.165, 1.54) is 21.9 Å². The van der Waals surface area contributed by atoms with Crippen LogP contribution in [0.25, 0.3) is 21.8 Å². The van der Waals surface area contributed by atoms with Gasteiger partial charge in [0.25, 0.3) is 5.91 Å². The van der Waals surface area contributed by atoms with Crippen LogP contribution < -0.4 is 5.32 Å². The van der Waals surface area contributed by atoms with Gasteiger partial charge in [0.15, 0.2) is 0 Å². The fourth-order valence-electron chi connectivity index (χ4n) is 4.96. The van der Waals surface area contributed by atoms with E-state index in [2.05, 4.69) is 80.1 Å². The molecule has 3 N–H and O–H groups in total. The lowest BCUT2D eigenvalue weighted by Gasteiger charge is -2.19. The van der Waals surface area contributed by atoms with E-state index in [4.69, 9.17) is 0 Å². The minimum atomic E-state index is -0.247. The van der Waals surface area contributed by atoms with Crippen LogP contribution in [0.2, 0.25) is 0 Å². The molecule has 3 aromatic heterocycles. The van der Waals surface area contributed by atoms with E-state index >= 15 is 0 Å². The van der Waals surface area contributed by atoms with Crippen LogP contribution in [0.1, 0.15) is 38.9 Å². The summed E-state index contributed by atoms with van der Waals surface area (Å²) in [5.41, 5.74) is 6.85. The third-order valence-corrected chi connectivity index (χ3v) is 6.69. The summed E-state index contributed by atoms with van der Waals surface area (Å²) < 4.78 is 0. The number of hydrogen-bond acceptors (Lipinski definition) is 3. The first-order chi connectivity index (χ1) is 17.7. The second kappa shape index (κ2) is 9.15. The van der Waals surface area contributed by atoms with Gasteiger partial charge in [-0.15, -0.1) is 0 Å². The SMILES string of the molecule is Cc1nccc(C(=O)Nc2ccccc2CC(c2c[nH]c3ccccc23)c2c[nH]c3ccccc23)n1. The van der Waals surface area contributed by atoms with Crippen LogP contribution in [-0.4, -0.2) is 25.8 Å². The van der Waals surface area contributed by atoms with Gasteiger partial charge in [0.2, 0.25) is 0 Å². The fraction of sp³-hybridized carbons (Fsp3) is 0.100. The molecule has 0 saturated carbocycles. The highest BCUT2D eigenvalue weighted by molar-refractivity contribution is 6.03. The molecule has 6 heteroatoms. The monoisotopic (exact) mass is 471 g/mol. The molecule has 6 rings (SSSR count). The van der Waals surface area contributed by atoms with Gasteiger partial charge in [0.1, 0.15) is 11.5 Å². The normalized spacial score (nSPS) is 11.4. The molecule has 0 aliphatic rings. The number of H-pyrrole nitrogens is 2. The smallest absolute Gasteiger partial charge is 0.274 e. The largest absolute Gasteiger partial charge is 0.361 e. The van der Waals surface area contributed by atoms with E-state index in [9.17, 15) is 4.79 Å². The number of nitrogens with zero attached hydrogens (tertiary/aromatic N) is 2. The van der Waals surface area contributed by atoms with E-state index in [-0.39, 0.29) is 11.8 Å². The van der Waals surface area contributed by atoms with Crippen molar-refractivity contribution in [1.29, 1.82) is 0 Å². The Morgan fingerprint density at radius 3 is 2.11 bits per heavy atom. The molecule has 6 aromatic rings. The highest BCUT2D eigenvalue weighted by atomic mass is 16.1. The van der Waals surface area contributed by atoms with Crippen molar-refractivity contribution >= 4 is 33.4 Å². The summed E-state index contributed by atoms with van der Waals surface area (Å²) >= 11 is 0. The van der Waals surface area contributed by atoms with Crippen molar-refractivity contribution in [3.8, 4) is 0 Å². The van der Waals surface area contributed by atoms with E-state index in [1.54, 1.807) is 19.2 Å². The third-order valence-electron chi connectivity index (χ3n) is 6.69. The van der Waals surface area contributed by atoms with Gasteiger partial charge in [-0.05, 0) is 54.3 Å². The minimum absolute atomic E-state index is 0.0663. The molecule has 0 atom stereocenters. The number of carbonyl (C=O) groups excluding carboxylic acids is 1. The first kappa shape index (κ1) is 21.8. The van der Waals surface area contributed by atoms with Crippen LogP contribution in [-0.2, 0) is 6.42 Å². The number of amides is 1. The lowest BCUT2D eigenvalue weighted by molar-refractivity contribution is 0.102. The molecule has 0 aliphatic heterocycles. The first-order valence-corrected chi connectivity index (χ1v) is 12.0. The van der Waals surface area contributed by atoms with E-state index in [0.29, 0.717) is 17.9 Å². The van der Waals surface area contributed by atoms with E-state index in [0.717, 1.165) is 22.3 Å². The minimum Gasteiger partial charge on any atom is -0.361 e. The Morgan fingerprint density at radius 2 is 1.44 bits per heavy atom. The second-order valence-electron chi connectivity index (χ2n) is 8.94. The Balaban J connectivity index is 1.42. The topological polar surface area (TPSA) is 86.5 Å². The summed E-state index contributed by atoms with van der Waals surface area (Å²) in [7, 11) is 0. The molecule has 0 fully saturated rings. The van der Waals surface area contributed by atoms with Crippen LogP contribution >= 0.6 is 0 Å². The van der Waals surface area contributed by atoms with Crippen LogP contribution in [0.5, 0.6) is 0 Å². The maximum atomic E-state index is 13.0. The summed E-state index contributed by atoms with van der Waals surface area (Å²) in [6.07, 6.45) is 6.54. The zero-order valence-corrected chi connectivity index (χ0v) is 19.8. The van der Waals surface area contributed by atoms with Gasteiger partial charge in [0, 0.05) is 52.0 Å². The number of hydrogen-bond donors (Lipinski definition) is 3. The van der Waals surface area contributed by atoms with Crippen molar-refractivity contribution in [3.63, 3.8) is 0 Å². The number of fused-ring (bicyclic) bond motifs is 2. The molecular formula is C30H25N5O. The lowest BCUT2D eigenvalue weighted by Crippen LogP contribution is -2.16. The van der Waals surface area contributed by atoms with Gasteiger partial charge in [-0.3, -0.25) is 4.79 Å². The second-order valence-corrected chi connectivity index (χ2v) is 8.94. The van der Waals surface area contributed by atoms with Gasteiger partial charge < -0.3 is 15.3 Å². The number of aromatic nitrogens is 4. The van der Waals surface area contributed by atoms with Crippen molar-refractivity contribution in [2.45, 2.75) is 19.3 Å². The first-order valence-electron chi connectivity index (χ1n) is 12.0. The van der Waals surface area contributed by atoms with Crippen LogP contribution in [0.4, 0.5) is 5.69 Å². The number of benzene rings is 3. The predicted molar refractivity (Wildman–Crippen MR) is 143 cm³/mol. The lowest BCUT2D eigenvalue weighted by atomic mass is 9.85. The number of anilines is 1. The summed E-state index contributed by atoms with van der Waals surface area (Å²) in [6, 6.07) is 26.4. The Morgan fingerprint density at radius 1 is 0.833 bits per heavy atom.